The van der Waals surface area contributed by atoms with Gasteiger partial charge in [0.05, 0.1) is 0 Å². The second-order valence-corrected chi connectivity index (χ2v) is 4.88. The van der Waals surface area contributed by atoms with Crippen molar-refractivity contribution in [2.24, 2.45) is 0 Å². The van der Waals surface area contributed by atoms with E-state index in [-0.39, 0.29) is 5.91 Å². The third-order valence-corrected chi connectivity index (χ3v) is 2.82. The summed E-state index contributed by atoms with van der Waals surface area (Å²) in [7, 11) is 0. The lowest BCUT2D eigenvalue weighted by molar-refractivity contribution is -0.124. The number of hydrogen-bond donors (Lipinski definition) is 1. The van der Waals surface area contributed by atoms with Gasteiger partial charge in [-0.05, 0) is 31.4 Å². The van der Waals surface area contributed by atoms with Crippen molar-refractivity contribution in [1.29, 1.82) is 0 Å². The molecular formula is C14H20ClNO2. The Morgan fingerprint density at radius 1 is 1.50 bits per heavy atom. The molecule has 0 aliphatic rings. The van der Waals surface area contributed by atoms with Crippen LogP contribution in [0.1, 0.15) is 43.7 Å². The first kappa shape index (κ1) is 15.0. The first-order valence-electron chi connectivity index (χ1n) is 6.10. The molecule has 0 heterocycles. The molecule has 0 aliphatic heterocycles. The molecule has 0 aliphatic carbocycles. The van der Waals surface area contributed by atoms with Gasteiger partial charge in [0, 0.05) is 12.5 Å². The largest absolute Gasteiger partial charge is 0.335 e. The fourth-order valence-electron chi connectivity index (χ4n) is 1.97. The van der Waals surface area contributed by atoms with Crippen LogP contribution in [-0.2, 0) is 16.0 Å². The number of rotatable bonds is 5. The molecule has 1 N–H and O–H groups in total. The van der Waals surface area contributed by atoms with E-state index in [0.717, 1.165) is 23.1 Å². The van der Waals surface area contributed by atoms with E-state index in [4.69, 9.17) is 16.3 Å². The molecule has 18 heavy (non-hydrogen) atoms. The molecule has 0 aromatic heterocycles. The van der Waals surface area contributed by atoms with Gasteiger partial charge in [-0.25, -0.2) is 0 Å². The fourth-order valence-corrected chi connectivity index (χ4v) is 2.07. The molecule has 0 radical (unpaired) electrons. The molecule has 1 aromatic carbocycles. The topological polar surface area (TPSA) is 38.3 Å². The van der Waals surface area contributed by atoms with Gasteiger partial charge in [0.1, 0.15) is 5.56 Å². The lowest BCUT2D eigenvalue weighted by Crippen LogP contribution is -2.31. The minimum absolute atomic E-state index is 0.136. The van der Waals surface area contributed by atoms with Crippen molar-refractivity contribution in [3.63, 3.8) is 0 Å². The maximum atomic E-state index is 11.3. The Morgan fingerprint density at radius 3 is 2.67 bits per heavy atom. The van der Waals surface area contributed by atoms with E-state index in [9.17, 15) is 4.79 Å². The highest BCUT2D eigenvalue weighted by Crippen LogP contribution is 2.25. The summed E-state index contributed by atoms with van der Waals surface area (Å²) < 4.78 is 5.60. The van der Waals surface area contributed by atoms with Crippen molar-refractivity contribution >= 4 is 17.5 Å². The van der Waals surface area contributed by atoms with Gasteiger partial charge in [-0.15, -0.1) is 0 Å². The molecule has 0 saturated heterocycles. The van der Waals surface area contributed by atoms with Crippen LogP contribution in [0.25, 0.3) is 0 Å². The number of carbonyl (C=O) groups is 1. The van der Waals surface area contributed by atoms with Crippen molar-refractivity contribution in [2.75, 3.05) is 0 Å². The summed E-state index contributed by atoms with van der Waals surface area (Å²) in [6.07, 6.45) is 0.388. The molecule has 1 amide bonds. The van der Waals surface area contributed by atoms with Gasteiger partial charge in [-0.3, -0.25) is 4.79 Å². The molecule has 1 aromatic rings. The highest BCUT2D eigenvalue weighted by atomic mass is 35.5. The van der Waals surface area contributed by atoms with Crippen LogP contribution in [0, 0.1) is 6.92 Å². The van der Waals surface area contributed by atoms with E-state index in [1.54, 1.807) is 6.92 Å². The summed E-state index contributed by atoms with van der Waals surface area (Å²) in [5.41, 5.74) is 2.78. The molecule has 2 unspecified atom stereocenters. The molecular weight excluding hydrogens is 250 g/mol. The van der Waals surface area contributed by atoms with E-state index < -0.39 is 11.8 Å². The molecule has 0 bridgehead atoms. The van der Waals surface area contributed by atoms with Crippen LogP contribution in [0.2, 0.25) is 0 Å². The first-order chi connectivity index (χ1) is 8.45. The standard InChI is InChI=1S/C14H20ClNO2/c1-5-12-8-6-7-9(2)13(12)14(16-11(4)17)18-10(3)15/h6-8,10,14H,5H2,1-4H3,(H,16,17). The van der Waals surface area contributed by atoms with Crippen molar-refractivity contribution in [1.82, 2.24) is 5.32 Å². The van der Waals surface area contributed by atoms with Crippen molar-refractivity contribution in [3.05, 3.63) is 34.9 Å². The lowest BCUT2D eigenvalue weighted by Gasteiger charge is -2.24. The fraction of sp³-hybridized carbons (Fsp3) is 0.500. The number of carbonyl (C=O) groups excluding carboxylic acids is 1. The van der Waals surface area contributed by atoms with Gasteiger partial charge in [-0.2, -0.15) is 0 Å². The van der Waals surface area contributed by atoms with Gasteiger partial charge < -0.3 is 10.1 Å². The normalized spacial score (nSPS) is 14.1. The van der Waals surface area contributed by atoms with E-state index in [1.165, 1.54) is 6.92 Å². The zero-order valence-electron chi connectivity index (χ0n) is 11.3. The molecule has 4 heteroatoms. The average Bonchev–Trinajstić information content (AvgIpc) is 2.26. The quantitative estimate of drug-likeness (QED) is 0.658. The lowest BCUT2D eigenvalue weighted by atomic mass is 9.98. The van der Waals surface area contributed by atoms with Gasteiger partial charge in [-0.1, -0.05) is 36.7 Å². The smallest absolute Gasteiger partial charge is 0.219 e. The zero-order chi connectivity index (χ0) is 13.7. The second-order valence-electron chi connectivity index (χ2n) is 4.26. The van der Waals surface area contributed by atoms with Crippen LogP contribution in [0.4, 0.5) is 0 Å². The Kier molecular flexibility index (Phi) is 5.63. The van der Waals surface area contributed by atoms with Crippen molar-refractivity contribution in [2.45, 2.75) is 45.9 Å². The summed E-state index contributed by atoms with van der Waals surface area (Å²) in [5, 5.41) is 2.80. The van der Waals surface area contributed by atoms with E-state index >= 15 is 0 Å². The summed E-state index contributed by atoms with van der Waals surface area (Å²) in [5.74, 6) is -0.136. The number of amides is 1. The maximum Gasteiger partial charge on any atom is 0.219 e. The van der Waals surface area contributed by atoms with Gasteiger partial charge in [0.25, 0.3) is 0 Å². The second kappa shape index (κ2) is 6.76. The van der Waals surface area contributed by atoms with E-state index in [0.29, 0.717) is 0 Å². The highest BCUT2D eigenvalue weighted by molar-refractivity contribution is 6.19. The van der Waals surface area contributed by atoms with Crippen LogP contribution in [0.3, 0.4) is 0 Å². The first-order valence-corrected chi connectivity index (χ1v) is 6.54. The number of ether oxygens (including phenoxy) is 1. The Hall–Kier alpha value is -1.06. The number of halogens is 1. The van der Waals surface area contributed by atoms with Crippen LogP contribution in [0.15, 0.2) is 18.2 Å². The third-order valence-electron chi connectivity index (χ3n) is 2.72. The van der Waals surface area contributed by atoms with E-state index in [2.05, 4.69) is 12.2 Å². The molecule has 100 valence electrons. The van der Waals surface area contributed by atoms with Crippen LogP contribution in [0.5, 0.6) is 0 Å². The average molecular weight is 270 g/mol. The predicted octanol–water partition coefficient (Wildman–Crippen LogP) is 3.29. The number of nitrogens with one attached hydrogen (secondary N) is 1. The molecule has 0 spiro atoms. The molecule has 0 fully saturated rings. The van der Waals surface area contributed by atoms with Gasteiger partial charge in [0.2, 0.25) is 5.91 Å². The third kappa shape index (κ3) is 4.00. The predicted molar refractivity (Wildman–Crippen MR) is 73.5 cm³/mol. The number of benzene rings is 1. The minimum Gasteiger partial charge on any atom is -0.335 e. The van der Waals surface area contributed by atoms with Gasteiger partial charge in [0.15, 0.2) is 6.23 Å². The Bertz CT molecular complexity index is 418. The molecule has 2 atom stereocenters. The van der Waals surface area contributed by atoms with Crippen LogP contribution in [-0.4, -0.2) is 11.5 Å². The van der Waals surface area contributed by atoms with Crippen molar-refractivity contribution < 1.29 is 9.53 Å². The molecule has 1 rings (SSSR count). The Balaban J connectivity index is 3.14. The van der Waals surface area contributed by atoms with Crippen LogP contribution < -0.4 is 5.32 Å². The Labute approximate surface area is 113 Å². The SMILES string of the molecule is CCc1cccc(C)c1C(NC(C)=O)OC(C)Cl. The summed E-state index contributed by atoms with van der Waals surface area (Å²) in [4.78, 5) is 11.3. The monoisotopic (exact) mass is 269 g/mol. The van der Waals surface area contributed by atoms with Crippen LogP contribution >= 0.6 is 11.6 Å². The number of hydrogen-bond acceptors (Lipinski definition) is 2. The molecule has 3 nitrogen and oxygen atoms in total. The Morgan fingerprint density at radius 2 is 2.17 bits per heavy atom. The molecule has 0 saturated carbocycles. The van der Waals surface area contributed by atoms with Gasteiger partial charge >= 0.3 is 0 Å². The minimum atomic E-state index is -0.494. The summed E-state index contributed by atoms with van der Waals surface area (Å²) in [6, 6.07) is 6.05. The number of alkyl halides is 1. The zero-order valence-corrected chi connectivity index (χ0v) is 12.0. The number of aryl methyl sites for hydroxylation is 2. The highest BCUT2D eigenvalue weighted by Gasteiger charge is 2.20. The van der Waals surface area contributed by atoms with Crippen molar-refractivity contribution in [3.8, 4) is 0 Å². The summed E-state index contributed by atoms with van der Waals surface area (Å²) >= 11 is 5.88. The van der Waals surface area contributed by atoms with E-state index in [1.807, 2.05) is 25.1 Å². The summed E-state index contributed by atoms with van der Waals surface area (Å²) in [6.45, 7) is 7.29. The maximum absolute atomic E-state index is 11.3.